The molecule has 1 unspecified atom stereocenters. The molecule has 0 saturated carbocycles. The van der Waals surface area contributed by atoms with Gasteiger partial charge in [0.2, 0.25) is 0 Å². The molecular formula is C15H26O4. The van der Waals surface area contributed by atoms with Gasteiger partial charge in [0, 0.05) is 0 Å². The average molecular weight is 270 g/mol. The summed E-state index contributed by atoms with van der Waals surface area (Å²) in [6, 6.07) is 0. The second-order valence-electron chi connectivity index (χ2n) is 4.64. The van der Waals surface area contributed by atoms with E-state index in [1.54, 1.807) is 0 Å². The minimum atomic E-state index is -1.14. The Labute approximate surface area is 115 Å². The van der Waals surface area contributed by atoms with Gasteiger partial charge in [-0.3, -0.25) is 9.59 Å². The van der Waals surface area contributed by atoms with Crippen molar-refractivity contribution in [2.75, 3.05) is 0 Å². The summed E-state index contributed by atoms with van der Waals surface area (Å²) in [7, 11) is 0. The molecule has 0 aromatic rings. The Morgan fingerprint density at radius 2 is 1.89 bits per heavy atom. The van der Waals surface area contributed by atoms with Crippen LogP contribution in [0.15, 0.2) is 12.2 Å². The second kappa shape index (κ2) is 11.8. The van der Waals surface area contributed by atoms with Crippen molar-refractivity contribution in [3.63, 3.8) is 0 Å². The van der Waals surface area contributed by atoms with Crippen molar-refractivity contribution < 1.29 is 19.4 Å². The van der Waals surface area contributed by atoms with Gasteiger partial charge in [0.1, 0.15) is 12.5 Å². The van der Waals surface area contributed by atoms with Gasteiger partial charge in [-0.25, -0.2) is 0 Å². The number of hydrogen-bond donors (Lipinski definition) is 1. The number of carboxylic acid groups (broad SMARTS) is 1. The smallest absolute Gasteiger partial charge is 0.317 e. The lowest BCUT2D eigenvalue weighted by Gasteiger charge is -2.16. The molecule has 0 saturated heterocycles. The third kappa shape index (κ3) is 11.5. The Morgan fingerprint density at radius 3 is 2.47 bits per heavy atom. The van der Waals surface area contributed by atoms with E-state index in [1.165, 1.54) is 0 Å². The molecule has 0 aromatic carbocycles. The van der Waals surface area contributed by atoms with Crippen LogP contribution in [0.3, 0.4) is 0 Å². The summed E-state index contributed by atoms with van der Waals surface area (Å²) in [5.74, 6) is -1.77. The van der Waals surface area contributed by atoms with Crippen molar-refractivity contribution in [2.45, 2.75) is 71.3 Å². The van der Waals surface area contributed by atoms with Gasteiger partial charge < -0.3 is 9.84 Å². The summed E-state index contributed by atoms with van der Waals surface area (Å²) in [4.78, 5) is 21.8. The van der Waals surface area contributed by atoms with Crippen molar-refractivity contribution in [1.82, 2.24) is 0 Å². The van der Waals surface area contributed by atoms with Crippen molar-refractivity contribution >= 4 is 11.9 Å². The maximum atomic E-state index is 11.4. The van der Waals surface area contributed by atoms with Gasteiger partial charge in [0.05, 0.1) is 0 Å². The number of ether oxygens (including phenoxy) is 1. The van der Waals surface area contributed by atoms with Crippen LogP contribution >= 0.6 is 0 Å². The highest BCUT2D eigenvalue weighted by molar-refractivity contribution is 5.90. The van der Waals surface area contributed by atoms with E-state index in [2.05, 4.69) is 26.0 Å². The Bertz CT molecular complexity index is 284. The van der Waals surface area contributed by atoms with Crippen LogP contribution in [0.2, 0.25) is 0 Å². The lowest BCUT2D eigenvalue weighted by atomic mass is 10.1. The monoisotopic (exact) mass is 270 g/mol. The highest BCUT2D eigenvalue weighted by Gasteiger charge is 2.16. The van der Waals surface area contributed by atoms with E-state index in [4.69, 9.17) is 9.84 Å². The molecule has 0 aliphatic carbocycles. The summed E-state index contributed by atoms with van der Waals surface area (Å²) in [5, 5.41) is 8.54. The Balaban J connectivity index is 4.11. The van der Waals surface area contributed by atoms with Crippen LogP contribution in [0.5, 0.6) is 0 Å². The molecule has 0 fully saturated rings. The number of rotatable bonds is 11. The van der Waals surface area contributed by atoms with E-state index in [-0.39, 0.29) is 6.10 Å². The molecule has 4 heteroatoms. The topological polar surface area (TPSA) is 63.6 Å². The highest BCUT2D eigenvalue weighted by Crippen LogP contribution is 2.13. The van der Waals surface area contributed by atoms with Crippen LogP contribution in [0, 0.1) is 0 Å². The third-order valence-electron chi connectivity index (χ3n) is 2.78. The van der Waals surface area contributed by atoms with Crippen LogP contribution in [-0.4, -0.2) is 23.1 Å². The molecule has 19 heavy (non-hydrogen) atoms. The number of hydrogen-bond acceptors (Lipinski definition) is 3. The number of esters is 1. The maximum Gasteiger partial charge on any atom is 0.317 e. The zero-order chi connectivity index (χ0) is 14.5. The summed E-state index contributed by atoms with van der Waals surface area (Å²) < 4.78 is 5.23. The first-order chi connectivity index (χ1) is 9.10. The van der Waals surface area contributed by atoms with Crippen LogP contribution in [-0.2, 0) is 14.3 Å². The van der Waals surface area contributed by atoms with E-state index in [1.807, 2.05) is 0 Å². The first-order valence-corrected chi connectivity index (χ1v) is 7.16. The molecule has 110 valence electrons. The molecule has 0 spiro atoms. The van der Waals surface area contributed by atoms with E-state index in [0.717, 1.165) is 44.9 Å². The normalized spacial score (nSPS) is 12.5. The van der Waals surface area contributed by atoms with E-state index < -0.39 is 18.4 Å². The molecule has 0 bridgehead atoms. The molecule has 1 atom stereocenters. The average Bonchev–Trinajstić information content (AvgIpc) is 2.33. The standard InChI is InChI=1S/C15H26O4/c1-3-5-7-9-11-13(10-8-6-4-2)19-15(18)12-14(16)17/h5,7,13H,3-4,6,8-12H2,1-2H3,(H,16,17). The molecule has 0 aromatic heterocycles. The molecule has 0 radical (unpaired) electrons. The summed E-state index contributed by atoms with van der Waals surface area (Å²) >= 11 is 0. The molecule has 0 aliphatic rings. The molecule has 0 aliphatic heterocycles. The zero-order valence-corrected chi connectivity index (χ0v) is 12.1. The number of aliphatic carboxylic acids is 1. The van der Waals surface area contributed by atoms with Gasteiger partial charge in [-0.05, 0) is 32.1 Å². The largest absolute Gasteiger partial charge is 0.481 e. The Hall–Kier alpha value is -1.32. The van der Waals surface area contributed by atoms with Gasteiger partial charge in [-0.2, -0.15) is 0 Å². The Kier molecular flexibility index (Phi) is 10.9. The second-order valence-corrected chi connectivity index (χ2v) is 4.64. The van der Waals surface area contributed by atoms with E-state index >= 15 is 0 Å². The van der Waals surface area contributed by atoms with Crippen LogP contribution in [0.1, 0.15) is 65.2 Å². The maximum absolute atomic E-state index is 11.4. The Morgan fingerprint density at radius 1 is 1.16 bits per heavy atom. The van der Waals surface area contributed by atoms with Gasteiger partial charge in [0.25, 0.3) is 0 Å². The number of unbranched alkanes of at least 4 members (excludes halogenated alkanes) is 2. The van der Waals surface area contributed by atoms with E-state index in [9.17, 15) is 9.59 Å². The van der Waals surface area contributed by atoms with Crippen molar-refractivity contribution in [3.05, 3.63) is 12.2 Å². The summed E-state index contributed by atoms with van der Waals surface area (Å²) in [6.45, 7) is 4.19. The third-order valence-corrected chi connectivity index (χ3v) is 2.78. The molecule has 4 nitrogen and oxygen atoms in total. The minimum Gasteiger partial charge on any atom is -0.481 e. The van der Waals surface area contributed by atoms with Crippen molar-refractivity contribution in [1.29, 1.82) is 0 Å². The van der Waals surface area contributed by atoms with Gasteiger partial charge >= 0.3 is 11.9 Å². The van der Waals surface area contributed by atoms with Crippen molar-refractivity contribution in [3.8, 4) is 0 Å². The molecule has 0 rings (SSSR count). The molecular weight excluding hydrogens is 244 g/mol. The molecule has 0 amide bonds. The van der Waals surface area contributed by atoms with Crippen LogP contribution < -0.4 is 0 Å². The van der Waals surface area contributed by atoms with E-state index in [0.29, 0.717) is 0 Å². The van der Waals surface area contributed by atoms with Gasteiger partial charge in [-0.15, -0.1) is 0 Å². The first-order valence-electron chi connectivity index (χ1n) is 7.16. The predicted molar refractivity (Wildman–Crippen MR) is 74.9 cm³/mol. The van der Waals surface area contributed by atoms with Gasteiger partial charge in [-0.1, -0.05) is 38.8 Å². The summed E-state index contributed by atoms with van der Waals surface area (Å²) in [5.41, 5.74) is 0. The quantitative estimate of drug-likeness (QED) is 0.269. The zero-order valence-electron chi connectivity index (χ0n) is 12.1. The fourth-order valence-corrected chi connectivity index (χ4v) is 1.80. The van der Waals surface area contributed by atoms with Gasteiger partial charge in [0.15, 0.2) is 0 Å². The fraction of sp³-hybridized carbons (Fsp3) is 0.733. The number of allylic oxidation sites excluding steroid dienone is 2. The SMILES string of the molecule is CCC=CCCC(CCCCC)OC(=O)CC(=O)O. The number of carbonyl (C=O) groups is 2. The molecule has 1 N–H and O–H groups in total. The number of carboxylic acids is 1. The van der Waals surface area contributed by atoms with Crippen LogP contribution in [0.4, 0.5) is 0 Å². The highest BCUT2D eigenvalue weighted by atomic mass is 16.5. The minimum absolute atomic E-state index is 0.153. The van der Waals surface area contributed by atoms with Crippen LogP contribution in [0.25, 0.3) is 0 Å². The fourth-order valence-electron chi connectivity index (χ4n) is 1.80. The molecule has 0 heterocycles. The lowest BCUT2D eigenvalue weighted by molar-refractivity contribution is -0.155. The summed E-state index contributed by atoms with van der Waals surface area (Å²) in [6.07, 6.45) is 10.2. The predicted octanol–water partition coefficient (Wildman–Crippen LogP) is 3.70. The first kappa shape index (κ1) is 17.7. The van der Waals surface area contributed by atoms with Crippen molar-refractivity contribution in [2.24, 2.45) is 0 Å². The number of carbonyl (C=O) groups excluding carboxylic acids is 1. The lowest BCUT2D eigenvalue weighted by Crippen LogP contribution is -2.20.